The largest absolute Gasteiger partial charge is 0.376 e. The number of nitrogens with one attached hydrogen (secondary N) is 1. The molecule has 140 valence electrons. The first-order valence-corrected chi connectivity index (χ1v) is 10.0. The van der Waals surface area contributed by atoms with Crippen LogP contribution in [0.15, 0.2) is 41.8 Å². The average molecular weight is 404 g/mol. The fourth-order valence-corrected chi connectivity index (χ4v) is 3.84. The van der Waals surface area contributed by atoms with Crippen molar-refractivity contribution in [3.8, 4) is 5.69 Å². The predicted octanol–water partition coefficient (Wildman–Crippen LogP) is 2.86. The standard InChI is InChI=1S/C18H18ClN5O2S/c19-12-3-5-13(6-4-12)24-17-15(9-23-24)18(22-11-21-17)27-10-16(25)20-8-14-2-1-7-26-14/h3-6,9,11,14H,1-2,7-8,10H2,(H,20,25). The molecular formula is C18H18ClN5O2S. The van der Waals surface area contributed by atoms with Crippen LogP contribution in [0.3, 0.4) is 0 Å². The Labute approximate surface area is 165 Å². The van der Waals surface area contributed by atoms with Gasteiger partial charge in [-0.3, -0.25) is 4.79 Å². The van der Waals surface area contributed by atoms with E-state index in [4.69, 9.17) is 16.3 Å². The number of aromatic nitrogens is 4. The van der Waals surface area contributed by atoms with Crippen LogP contribution in [0, 0.1) is 0 Å². The number of amides is 1. The summed E-state index contributed by atoms with van der Waals surface area (Å²) in [6.45, 7) is 1.35. The monoisotopic (exact) mass is 403 g/mol. The van der Waals surface area contributed by atoms with Gasteiger partial charge >= 0.3 is 0 Å². The quantitative estimate of drug-likeness (QED) is 0.503. The Hall–Kier alpha value is -2.16. The van der Waals surface area contributed by atoms with E-state index >= 15 is 0 Å². The minimum atomic E-state index is -0.0349. The van der Waals surface area contributed by atoms with E-state index in [1.54, 1.807) is 23.0 Å². The Morgan fingerprint density at radius 2 is 2.19 bits per heavy atom. The molecule has 3 aromatic rings. The van der Waals surface area contributed by atoms with Crippen LogP contribution in [0.4, 0.5) is 0 Å². The number of halogens is 1. The van der Waals surface area contributed by atoms with Crippen molar-refractivity contribution < 1.29 is 9.53 Å². The van der Waals surface area contributed by atoms with Gasteiger partial charge in [-0.05, 0) is 37.1 Å². The highest BCUT2D eigenvalue weighted by atomic mass is 35.5. The van der Waals surface area contributed by atoms with Gasteiger partial charge in [0, 0.05) is 18.2 Å². The van der Waals surface area contributed by atoms with Gasteiger partial charge in [0.05, 0.1) is 29.1 Å². The Morgan fingerprint density at radius 1 is 1.33 bits per heavy atom. The summed E-state index contributed by atoms with van der Waals surface area (Å²) in [5.41, 5.74) is 1.55. The van der Waals surface area contributed by atoms with Gasteiger partial charge < -0.3 is 10.1 Å². The number of fused-ring (bicyclic) bond motifs is 1. The van der Waals surface area contributed by atoms with E-state index in [1.165, 1.54) is 18.1 Å². The van der Waals surface area contributed by atoms with Crippen molar-refractivity contribution in [1.82, 2.24) is 25.1 Å². The second-order valence-corrected chi connectivity index (χ2v) is 7.58. The average Bonchev–Trinajstić information content (AvgIpc) is 3.35. The molecule has 1 aromatic carbocycles. The first-order valence-electron chi connectivity index (χ1n) is 8.66. The first kappa shape index (κ1) is 18.2. The van der Waals surface area contributed by atoms with E-state index in [-0.39, 0.29) is 17.8 Å². The van der Waals surface area contributed by atoms with Gasteiger partial charge in [0.25, 0.3) is 0 Å². The Balaban J connectivity index is 1.44. The molecule has 1 N–H and O–H groups in total. The molecule has 1 saturated heterocycles. The zero-order valence-corrected chi connectivity index (χ0v) is 16.0. The molecule has 0 aliphatic carbocycles. The van der Waals surface area contributed by atoms with E-state index in [1.807, 2.05) is 12.1 Å². The third-order valence-electron chi connectivity index (χ3n) is 4.29. The maximum atomic E-state index is 12.1. The molecule has 3 heterocycles. The Bertz CT molecular complexity index is 941. The third kappa shape index (κ3) is 4.23. The van der Waals surface area contributed by atoms with Gasteiger partial charge in [0.2, 0.25) is 5.91 Å². The summed E-state index contributed by atoms with van der Waals surface area (Å²) in [6.07, 6.45) is 5.41. The van der Waals surface area contributed by atoms with Crippen LogP contribution >= 0.6 is 23.4 Å². The van der Waals surface area contributed by atoms with Gasteiger partial charge in [-0.15, -0.1) is 0 Å². The number of thioether (sulfide) groups is 1. The van der Waals surface area contributed by atoms with Crippen LogP contribution in [0.25, 0.3) is 16.7 Å². The van der Waals surface area contributed by atoms with Gasteiger partial charge in [-0.1, -0.05) is 23.4 Å². The highest BCUT2D eigenvalue weighted by Crippen LogP contribution is 2.26. The van der Waals surface area contributed by atoms with Gasteiger partial charge in [0.1, 0.15) is 11.4 Å². The number of hydrogen-bond acceptors (Lipinski definition) is 6. The van der Waals surface area contributed by atoms with Crippen LogP contribution in [-0.4, -0.2) is 50.7 Å². The maximum Gasteiger partial charge on any atom is 0.230 e. The highest BCUT2D eigenvalue weighted by molar-refractivity contribution is 8.00. The fourth-order valence-electron chi connectivity index (χ4n) is 2.93. The molecule has 1 amide bonds. The van der Waals surface area contributed by atoms with Crippen LogP contribution in [-0.2, 0) is 9.53 Å². The van der Waals surface area contributed by atoms with Crippen molar-refractivity contribution in [2.75, 3.05) is 18.9 Å². The number of nitrogens with zero attached hydrogens (tertiary/aromatic N) is 4. The molecule has 1 atom stereocenters. The van der Waals surface area contributed by atoms with E-state index < -0.39 is 0 Å². The summed E-state index contributed by atoms with van der Waals surface area (Å²) in [4.78, 5) is 20.8. The van der Waals surface area contributed by atoms with Crippen molar-refractivity contribution in [3.05, 3.63) is 41.8 Å². The number of benzene rings is 1. The second-order valence-electron chi connectivity index (χ2n) is 6.18. The van der Waals surface area contributed by atoms with Crippen molar-refractivity contribution in [2.45, 2.75) is 24.0 Å². The predicted molar refractivity (Wildman–Crippen MR) is 104 cm³/mol. The molecule has 0 radical (unpaired) electrons. The maximum absolute atomic E-state index is 12.1. The third-order valence-corrected chi connectivity index (χ3v) is 5.55. The molecule has 1 aliphatic rings. The summed E-state index contributed by atoms with van der Waals surface area (Å²) in [6, 6.07) is 7.36. The second kappa shape index (κ2) is 8.24. The van der Waals surface area contributed by atoms with Crippen LogP contribution < -0.4 is 5.32 Å². The van der Waals surface area contributed by atoms with Crippen LogP contribution in [0.5, 0.6) is 0 Å². The van der Waals surface area contributed by atoms with Crippen molar-refractivity contribution in [2.24, 2.45) is 0 Å². The minimum absolute atomic E-state index is 0.0349. The molecule has 2 aromatic heterocycles. The van der Waals surface area contributed by atoms with Crippen LogP contribution in [0.2, 0.25) is 5.02 Å². The number of hydrogen-bond donors (Lipinski definition) is 1. The lowest BCUT2D eigenvalue weighted by Crippen LogP contribution is -2.32. The van der Waals surface area contributed by atoms with Gasteiger partial charge in [-0.25, -0.2) is 14.6 Å². The molecule has 27 heavy (non-hydrogen) atoms. The molecule has 0 bridgehead atoms. The zero-order chi connectivity index (χ0) is 18.6. The minimum Gasteiger partial charge on any atom is -0.376 e. The molecule has 7 nitrogen and oxygen atoms in total. The smallest absolute Gasteiger partial charge is 0.230 e. The molecule has 1 unspecified atom stereocenters. The fraction of sp³-hybridized carbons (Fsp3) is 0.333. The van der Waals surface area contributed by atoms with E-state index in [0.29, 0.717) is 17.2 Å². The first-order chi connectivity index (χ1) is 13.2. The Morgan fingerprint density at radius 3 is 2.96 bits per heavy atom. The topological polar surface area (TPSA) is 81.9 Å². The molecular weight excluding hydrogens is 386 g/mol. The van der Waals surface area contributed by atoms with E-state index in [2.05, 4.69) is 20.4 Å². The van der Waals surface area contributed by atoms with Crippen LogP contribution in [0.1, 0.15) is 12.8 Å². The summed E-state index contributed by atoms with van der Waals surface area (Å²) >= 11 is 7.32. The summed E-state index contributed by atoms with van der Waals surface area (Å²) in [5, 5.41) is 9.53. The number of ether oxygens (including phenoxy) is 1. The van der Waals surface area contributed by atoms with Crippen molar-refractivity contribution in [3.63, 3.8) is 0 Å². The molecule has 0 spiro atoms. The lowest BCUT2D eigenvalue weighted by Gasteiger charge is -2.10. The van der Waals surface area contributed by atoms with E-state index in [0.717, 1.165) is 35.5 Å². The number of carbonyl (C=O) groups is 1. The van der Waals surface area contributed by atoms with Gasteiger partial charge in [-0.2, -0.15) is 5.10 Å². The lowest BCUT2D eigenvalue weighted by atomic mass is 10.2. The summed E-state index contributed by atoms with van der Waals surface area (Å²) in [7, 11) is 0. The zero-order valence-electron chi connectivity index (χ0n) is 14.5. The molecule has 1 fully saturated rings. The number of carbonyl (C=O) groups excluding carboxylic acids is 1. The SMILES string of the molecule is O=C(CSc1ncnc2c1cnn2-c1ccc(Cl)cc1)NCC1CCCO1. The summed E-state index contributed by atoms with van der Waals surface area (Å²) in [5.74, 6) is 0.248. The molecule has 1 aliphatic heterocycles. The molecule has 9 heteroatoms. The van der Waals surface area contributed by atoms with Crippen molar-refractivity contribution >= 4 is 40.3 Å². The lowest BCUT2D eigenvalue weighted by molar-refractivity contribution is -0.119. The highest BCUT2D eigenvalue weighted by Gasteiger charge is 2.17. The Kier molecular flexibility index (Phi) is 5.56. The van der Waals surface area contributed by atoms with Gasteiger partial charge in [0.15, 0.2) is 5.65 Å². The number of rotatable bonds is 6. The molecule has 4 rings (SSSR count). The van der Waals surface area contributed by atoms with Crippen molar-refractivity contribution in [1.29, 1.82) is 0 Å². The van der Waals surface area contributed by atoms with E-state index in [9.17, 15) is 4.79 Å². The summed E-state index contributed by atoms with van der Waals surface area (Å²) < 4.78 is 7.25. The normalized spacial score (nSPS) is 16.7. The molecule has 0 saturated carbocycles.